The summed E-state index contributed by atoms with van der Waals surface area (Å²) in [6.07, 6.45) is 2.89. The van der Waals surface area contributed by atoms with E-state index >= 15 is 0 Å². The Labute approximate surface area is 155 Å². The predicted molar refractivity (Wildman–Crippen MR) is 102 cm³/mol. The molecule has 1 saturated heterocycles. The third kappa shape index (κ3) is 3.34. The highest BCUT2D eigenvalue weighted by Crippen LogP contribution is 2.38. The molecule has 0 N–H and O–H groups in total. The number of nitrogens with zero attached hydrogens (tertiary/aromatic N) is 2. The SMILES string of the molecule is CN(C(=O)Cc1ccccc1)[C@@H]1c2ccccc2OC[C@H]1N1CCCC1. The van der Waals surface area contributed by atoms with Crippen LogP contribution in [0.25, 0.3) is 0 Å². The second-order valence-corrected chi connectivity index (χ2v) is 7.27. The van der Waals surface area contributed by atoms with E-state index in [0.717, 1.165) is 30.0 Å². The van der Waals surface area contributed by atoms with E-state index in [2.05, 4.69) is 11.0 Å². The quantitative estimate of drug-likeness (QED) is 0.848. The summed E-state index contributed by atoms with van der Waals surface area (Å²) >= 11 is 0. The second-order valence-electron chi connectivity index (χ2n) is 7.27. The van der Waals surface area contributed by atoms with Crippen LogP contribution in [0.5, 0.6) is 5.75 Å². The van der Waals surface area contributed by atoms with E-state index in [9.17, 15) is 4.79 Å². The summed E-state index contributed by atoms with van der Waals surface area (Å²) in [6.45, 7) is 2.82. The van der Waals surface area contributed by atoms with Gasteiger partial charge in [0.25, 0.3) is 0 Å². The second kappa shape index (κ2) is 7.50. The van der Waals surface area contributed by atoms with Crippen LogP contribution in [0.3, 0.4) is 0 Å². The van der Waals surface area contributed by atoms with Crippen molar-refractivity contribution >= 4 is 5.91 Å². The van der Waals surface area contributed by atoms with Crippen LogP contribution in [-0.4, -0.2) is 48.5 Å². The smallest absolute Gasteiger partial charge is 0.227 e. The third-order valence-electron chi connectivity index (χ3n) is 5.63. The van der Waals surface area contributed by atoms with Crippen molar-refractivity contribution in [1.29, 1.82) is 0 Å². The molecule has 0 aromatic heterocycles. The number of hydrogen-bond donors (Lipinski definition) is 0. The minimum atomic E-state index is 0.0364. The normalized spacial score (nSPS) is 22.5. The topological polar surface area (TPSA) is 32.8 Å². The molecule has 4 heteroatoms. The van der Waals surface area contributed by atoms with Gasteiger partial charge in [0.2, 0.25) is 5.91 Å². The summed E-state index contributed by atoms with van der Waals surface area (Å²) in [7, 11) is 1.95. The number of rotatable bonds is 4. The van der Waals surface area contributed by atoms with Gasteiger partial charge in [-0.2, -0.15) is 0 Å². The summed E-state index contributed by atoms with van der Waals surface area (Å²) in [4.78, 5) is 17.5. The third-order valence-corrected chi connectivity index (χ3v) is 5.63. The first-order valence-corrected chi connectivity index (χ1v) is 9.49. The zero-order valence-corrected chi connectivity index (χ0v) is 15.3. The number of ether oxygens (including phenoxy) is 1. The minimum Gasteiger partial charge on any atom is -0.491 e. The van der Waals surface area contributed by atoms with Gasteiger partial charge < -0.3 is 9.64 Å². The highest BCUT2D eigenvalue weighted by molar-refractivity contribution is 5.79. The number of fused-ring (bicyclic) bond motifs is 1. The van der Waals surface area contributed by atoms with Crippen molar-refractivity contribution in [1.82, 2.24) is 9.80 Å². The van der Waals surface area contributed by atoms with Crippen LogP contribution >= 0.6 is 0 Å². The lowest BCUT2D eigenvalue weighted by atomic mass is 9.93. The Morgan fingerprint density at radius 1 is 1.08 bits per heavy atom. The lowest BCUT2D eigenvalue weighted by Crippen LogP contribution is -2.51. The summed E-state index contributed by atoms with van der Waals surface area (Å²) < 4.78 is 6.05. The number of likely N-dealkylation sites (tertiary alicyclic amines) is 1. The molecule has 1 fully saturated rings. The van der Waals surface area contributed by atoms with Gasteiger partial charge in [-0.05, 0) is 37.6 Å². The number of benzene rings is 2. The molecule has 0 aliphatic carbocycles. The Morgan fingerprint density at radius 2 is 1.77 bits per heavy atom. The molecular weight excluding hydrogens is 324 g/mol. The first kappa shape index (κ1) is 17.1. The van der Waals surface area contributed by atoms with Crippen molar-refractivity contribution < 1.29 is 9.53 Å². The van der Waals surface area contributed by atoms with Gasteiger partial charge >= 0.3 is 0 Å². The first-order chi connectivity index (χ1) is 12.7. The monoisotopic (exact) mass is 350 g/mol. The van der Waals surface area contributed by atoms with Gasteiger partial charge in [-0.3, -0.25) is 9.69 Å². The first-order valence-electron chi connectivity index (χ1n) is 9.49. The van der Waals surface area contributed by atoms with Gasteiger partial charge in [0, 0.05) is 12.6 Å². The molecule has 136 valence electrons. The highest BCUT2D eigenvalue weighted by Gasteiger charge is 2.39. The van der Waals surface area contributed by atoms with E-state index in [1.807, 2.05) is 60.5 Å². The van der Waals surface area contributed by atoms with Crippen molar-refractivity contribution in [3.8, 4) is 5.75 Å². The Kier molecular flexibility index (Phi) is 4.93. The van der Waals surface area contributed by atoms with Crippen molar-refractivity contribution in [2.45, 2.75) is 31.3 Å². The maximum atomic E-state index is 13.0. The fourth-order valence-electron chi connectivity index (χ4n) is 4.23. The summed E-state index contributed by atoms with van der Waals surface area (Å²) in [5, 5.41) is 0. The van der Waals surface area contributed by atoms with Gasteiger partial charge in [-0.25, -0.2) is 0 Å². The van der Waals surface area contributed by atoms with Crippen LogP contribution in [0.4, 0.5) is 0 Å². The zero-order chi connectivity index (χ0) is 17.9. The average molecular weight is 350 g/mol. The lowest BCUT2D eigenvalue weighted by Gasteiger charge is -2.43. The van der Waals surface area contributed by atoms with Gasteiger partial charge in [-0.1, -0.05) is 48.5 Å². The fourth-order valence-corrected chi connectivity index (χ4v) is 4.23. The molecule has 2 heterocycles. The highest BCUT2D eigenvalue weighted by atomic mass is 16.5. The number of hydrogen-bond acceptors (Lipinski definition) is 3. The molecule has 1 amide bonds. The van der Waals surface area contributed by atoms with Crippen LogP contribution in [0, 0.1) is 0 Å². The van der Waals surface area contributed by atoms with E-state index in [0.29, 0.717) is 13.0 Å². The van der Waals surface area contributed by atoms with E-state index < -0.39 is 0 Å². The Hall–Kier alpha value is -2.33. The summed E-state index contributed by atoms with van der Waals surface area (Å²) in [5.74, 6) is 1.06. The Morgan fingerprint density at radius 3 is 2.54 bits per heavy atom. The maximum absolute atomic E-state index is 13.0. The maximum Gasteiger partial charge on any atom is 0.227 e. The predicted octanol–water partition coefficient (Wildman–Crippen LogP) is 3.29. The molecule has 0 radical (unpaired) electrons. The largest absolute Gasteiger partial charge is 0.491 e. The standard InChI is InChI=1S/C22H26N2O2/c1-23(21(25)15-17-9-3-2-4-10-17)22-18-11-5-6-12-20(18)26-16-19(22)24-13-7-8-14-24/h2-6,9-12,19,22H,7-8,13-16H2,1H3/t19-,22-/m1/s1. The molecule has 2 aromatic rings. The number of amides is 1. The number of carbonyl (C=O) groups excluding carboxylic acids is 1. The van der Waals surface area contributed by atoms with Crippen molar-refractivity contribution in [2.24, 2.45) is 0 Å². The van der Waals surface area contributed by atoms with E-state index in [1.165, 1.54) is 12.8 Å². The molecule has 0 saturated carbocycles. The van der Waals surface area contributed by atoms with Crippen LogP contribution in [-0.2, 0) is 11.2 Å². The van der Waals surface area contributed by atoms with E-state index in [4.69, 9.17) is 4.74 Å². The minimum absolute atomic E-state index is 0.0364. The molecule has 0 spiro atoms. The average Bonchev–Trinajstić information content (AvgIpc) is 3.22. The number of carbonyl (C=O) groups is 1. The van der Waals surface area contributed by atoms with Gasteiger partial charge in [0.1, 0.15) is 12.4 Å². The molecule has 26 heavy (non-hydrogen) atoms. The van der Waals surface area contributed by atoms with Gasteiger partial charge in [-0.15, -0.1) is 0 Å². The zero-order valence-electron chi connectivity index (χ0n) is 15.3. The summed E-state index contributed by atoms with van der Waals surface area (Å²) in [6, 6.07) is 18.4. The number of likely N-dealkylation sites (N-methyl/N-ethyl adjacent to an activating group) is 1. The van der Waals surface area contributed by atoms with Crippen molar-refractivity contribution in [3.63, 3.8) is 0 Å². The summed E-state index contributed by atoms with van der Waals surface area (Å²) in [5.41, 5.74) is 2.18. The van der Waals surface area contributed by atoms with Crippen LogP contribution in [0.2, 0.25) is 0 Å². The van der Waals surface area contributed by atoms with Gasteiger partial charge in [0.05, 0.1) is 18.5 Å². The molecule has 2 aliphatic heterocycles. The molecule has 2 aromatic carbocycles. The fraction of sp³-hybridized carbons (Fsp3) is 0.409. The van der Waals surface area contributed by atoms with Crippen LogP contribution < -0.4 is 4.74 Å². The van der Waals surface area contributed by atoms with Crippen molar-refractivity contribution in [2.75, 3.05) is 26.7 Å². The molecule has 2 aliphatic rings. The molecule has 4 nitrogen and oxygen atoms in total. The molecule has 4 rings (SSSR count). The van der Waals surface area contributed by atoms with Gasteiger partial charge in [0.15, 0.2) is 0 Å². The van der Waals surface area contributed by atoms with Crippen molar-refractivity contribution in [3.05, 3.63) is 65.7 Å². The molecule has 2 atom stereocenters. The Bertz CT molecular complexity index is 756. The van der Waals surface area contributed by atoms with E-state index in [-0.39, 0.29) is 18.0 Å². The van der Waals surface area contributed by atoms with Crippen LogP contribution in [0.15, 0.2) is 54.6 Å². The van der Waals surface area contributed by atoms with Crippen LogP contribution in [0.1, 0.15) is 30.0 Å². The molecular formula is C22H26N2O2. The number of para-hydroxylation sites is 1. The Balaban J connectivity index is 1.61. The molecule has 0 unspecified atom stereocenters. The molecule has 0 bridgehead atoms. The van der Waals surface area contributed by atoms with E-state index in [1.54, 1.807) is 0 Å². The lowest BCUT2D eigenvalue weighted by molar-refractivity contribution is -0.133.